The van der Waals surface area contributed by atoms with Gasteiger partial charge in [0.2, 0.25) is 5.95 Å². The maximum absolute atomic E-state index is 15.1. The highest BCUT2D eigenvalue weighted by Gasteiger charge is 2.25. The number of anilines is 2. The molecule has 0 bridgehead atoms. The van der Waals surface area contributed by atoms with Crippen LogP contribution in [0.25, 0.3) is 11.3 Å². The van der Waals surface area contributed by atoms with Crippen molar-refractivity contribution >= 4 is 23.3 Å². The number of halogens is 2. The van der Waals surface area contributed by atoms with E-state index in [9.17, 15) is 9.18 Å². The van der Waals surface area contributed by atoms with Crippen LogP contribution in [0.5, 0.6) is 0 Å². The van der Waals surface area contributed by atoms with Gasteiger partial charge in [0.15, 0.2) is 0 Å². The van der Waals surface area contributed by atoms with Crippen molar-refractivity contribution in [1.29, 1.82) is 0 Å². The zero-order valence-corrected chi connectivity index (χ0v) is 17.1. The van der Waals surface area contributed by atoms with Gasteiger partial charge in [-0.15, -0.1) is 0 Å². The summed E-state index contributed by atoms with van der Waals surface area (Å²) >= 11 is 0. The van der Waals surface area contributed by atoms with E-state index in [1.54, 1.807) is 48.7 Å². The molecular weight excluding hydrogens is 426 g/mol. The van der Waals surface area contributed by atoms with E-state index in [4.69, 9.17) is 5.11 Å². The molecule has 1 aromatic heterocycles. The molecule has 162 valence electrons. The summed E-state index contributed by atoms with van der Waals surface area (Å²) < 4.78 is 29.6. The summed E-state index contributed by atoms with van der Waals surface area (Å²) in [6.07, 6.45) is 1.60. The SMILES string of the molecule is O=C(O)c1ccc(Nc2ncc3c(n2)-c2cccc(F)c2C(c2ccccc2F)=NC3)cc1. The normalized spacial score (nSPS) is 12.2. The predicted molar refractivity (Wildman–Crippen MR) is 120 cm³/mol. The van der Waals surface area contributed by atoms with Crippen LogP contribution in [0.3, 0.4) is 0 Å². The van der Waals surface area contributed by atoms with Gasteiger partial charge in [-0.1, -0.05) is 24.3 Å². The number of nitrogens with zero attached hydrogens (tertiary/aromatic N) is 3. The lowest BCUT2D eigenvalue weighted by Gasteiger charge is -2.13. The van der Waals surface area contributed by atoms with Gasteiger partial charge in [0.25, 0.3) is 0 Å². The van der Waals surface area contributed by atoms with E-state index in [0.717, 1.165) is 0 Å². The Morgan fingerprint density at radius 2 is 1.64 bits per heavy atom. The molecule has 2 N–H and O–H groups in total. The summed E-state index contributed by atoms with van der Waals surface area (Å²) in [4.78, 5) is 24.5. The highest BCUT2D eigenvalue weighted by molar-refractivity contribution is 6.17. The second-order valence-electron chi connectivity index (χ2n) is 7.38. The Labute approximate surface area is 187 Å². The van der Waals surface area contributed by atoms with Gasteiger partial charge in [0.1, 0.15) is 11.6 Å². The van der Waals surface area contributed by atoms with Crippen molar-refractivity contribution in [2.75, 3.05) is 5.32 Å². The van der Waals surface area contributed by atoms with E-state index in [2.05, 4.69) is 20.3 Å². The monoisotopic (exact) mass is 442 g/mol. The molecule has 0 radical (unpaired) electrons. The van der Waals surface area contributed by atoms with Gasteiger partial charge in [0, 0.05) is 34.1 Å². The minimum atomic E-state index is -1.02. The Morgan fingerprint density at radius 3 is 2.39 bits per heavy atom. The first-order chi connectivity index (χ1) is 16.0. The molecule has 5 rings (SSSR count). The average Bonchev–Trinajstić information content (AvgIpc) is 2.98. The molecule has 3 aromatic carbocycles. The predicted octanol–water partition coefficient (Wildman–Crippen LogP) is 5.21. The molecule has 0 saturated carbocycles. The second kappa shape index (κ2) is 8.23. The fourth-order valence-corrected chi connectivity index (χ4v) is 3.72. The van der Waals surface area contributed by atoms with Crippen LogP contribution in [0.15, 0.2) is 77.9 Å². The molecule has 0 unspecified atom stereocenters. The maximum Gasteiger partial charge on any atom is 0.335 e. The molecule has 8 heteroatoms. The van der Waals surface area contributed by atoms with Crippen molar-refractivity contribution in [3.63, 3.8) is 0 Å². The lowest BCUT2D eigenvalue weighted by Crippen LogP contribution is -2.10. The Bertz CT molecular complexity index is 1420. The number of hydrogen-bond donors (Lipinski definition) is 2. The maximum atomic E-state index is 15.1. The standard InChI is InChI=1S/C25H16F2N4O2/c26-19-6-2-1-4-17(19)23-21-18(5-3-7-20(21)27)22-15(12-28-23)13-29-25(31-22)30-16-10-8-14(9-11-16)24(32)33/h1-11,13H,12H2,(H,32,33)(H,29,30,31). The van der Waals surface area contributed by atoms with Crippen molar-refractivity contribution < 1.29 is 18.7 Å². The first kappa shape index (κ1) is 20.4. The molecule has 1 aliphatic rings. The van der Waals surface area contributed by atoms with Gasteiger partial charge in [-0.3, -0.25) is 4.99 Å². The lowest BCUT2D eigenvalue weighted by molar-refractivity contribution is 0.0697. The van der Waals surface area contributed by atoms with Crippen LogP contribution in [0.2, 0.25) is 0 Å². The van der Waals surface area contributed by atoms with Crippen molar-refractivity contribution in [1.82, 2.24) is 9.97 Å². The Morgan fingerprint density at radius 1 is 0.909 bits per heavy atom. The molecule has 0 saturated heterocycles. The number of aromatic nitrogens is 2. The molecule has 0 amide bonds. The van der Waals surface area contributed by atoms with E-state index >= 15 is 4.39 Å². The molecule has 2 heterocycles. The minimum absolute atomic E-state index is 0.153. The van der Waals surface area contributed by atoms with Crippen molar-refractivity contribution in [3.8, 4) is 11.3 Å². The van der Waals surface area contributed by atoms with Crippen LogP contribution >= 0.6 is 0 Å². The van der Waals surface area contributed by atoms with Gasteiger partial charge in [-0.25, -0.2) is 23.5 Å². The van der Waals surface area contributed by atoms with Crippen LogP contribution in [0, 0.1) is 11.6 Å². The Kier molecular flexibility index (Phi) is 5.10. The van der Waals surface area contributed by atoms with E-state index in [1.807, 2.05) is 0 Å². The Hall–Kier alpha value is -4.46. The number of benzene rings is 3. The molecule has 1 aliphatic heterocycles. The van der Waals surface area contributed by atoms with Crippen LogP contribution < -0.4 is 5.32 Å². The summed E-state index contributed by atoms with van der Waals surface area (Å²) in [5, 5.41) is 12.1. The van der Waals surface area contributed by atoms with Crippen LogP contribution in [-0.4, -0.2) is 26.8 Å². The average molecular weight is 442 g/mol. The number of hydrogen-bond acceptors (Lipinski definition) is 5. The lowest BCUT2D eigenvalue weighted by atomic mass is 9.94. The Balaban J connectivity index is 1.58. The third kappa shape index (κ3) is 3.82. The van der Waals surface area contributed by atoms with Crippen molar-refractivity contribution in [3.05, 3.63) is 107 Å². The van der Waals surface area contributed by atoms with Gasteiger partial charge in [-0.2, -0.15) is 0 Å². The topological polar surface area (TPSA) is 87.5 Å². The number of fused-ring (bicyclic) bond motifs is 3. The van der Waals surface area contributed by atoms with Gasteiger partial charge in [0.05, 0.1) is 23.5 Å². The molecule has 0 fully saturated rings. The molecule has 4 aromatic rings. The first-order valence-electron chi connectivity index (χ1n) is 10.1. The van der Waals surface area contributed by atoms with Crippen LogP contribution in [0.1, 0.15) is 27.0 Å². The summed E-state index contributed by atoms with van der Waals surface area (Å²) in [5.74, 6) is -1.79. The number of aliphatic imine (C=N–C) groups is 1. The minimum Gasteiger partial charge on any atom is -0.478 e. The van der Waals surface area contributed by atoms with Crippen molar-refractivity contribution in [2.24, 2.45) is 4.99 Å². The van der Waals surface area contributed by atoms with Gasteiger partial charge >= 0.3 is 5.97 Å². The summed E-state index contributed by atoms with van der Waals surface area (Å²) in [6, 6.07) is 16.9. The van der Waals surface area contributed by atoms with Gasteiger partial charge < -0.3 is 10.4 Å². The zero-order chi connectivity index (χ0) is 22.9. The highest BCUT2D eigenvalue weighted by atomic mass is 19.1. The third-order valence-electron chi connectivity index (χ3n) is 5.29. The molecule has 0 atom stereocenters. The van der Waals surface area contributed by atoms with E-state index in [1.165, 1.54) is 24.3 Å². The molecular formula is C25H16F2N4O2. The number of nitrogens with one attached hydrogen (secondary N) is 1. The number of carboxylic acids is 1. The van der Waals surface area contributed by atoms with Gasteiger partial charge in [-0.05, 0) is 42.5 Å². The summed E-state index contributed by atoms with van der Waals surface area (Å²) in [7, 11) is 0. The first-order valence-corrected chi connectivity index (χ1v) is 10.1. The fraction of sp³-hybridized carbons (Fsp3) is 0.0400. The van der Waals surface area contributed by atoms with Crippen molar-refractivity contribution in [2.45, 2.75) is 6.54 Å². The van der Waals surface area contributed by atoms with E-state index in [0.29, 0.717) is 22.5 Å². The summed E-state index contributed by atoms with van der Waals surface area (Å²) in [6.45, 7) is 0.153. The summed E-state index contributed by atoms with van der Waals surface area (Å²) in [5.41, 5.74) is 2.99. The largest absolute Gasteiger partial charge is 0.478 e. The molecule has 0 spiro atoms. The molecule has 6 nitrogen and oxygen atoms in total. The van der Waals surface area contributed by atoms with E-state index < -0.39 is 17.6 Å². The van der Waals surface area contributed by atoms with E-state index in [-0.39, 0.29) is 34.9 Å². The smallest absolute Gasteiger partial charge is 0.335 e. The third-order valence-corrected chi connectivity index (χ3v) is 5.29. The molecule has 33 heavy (non-hydrogen) atoms. The number of rotatable bonds is 4. The number of carboxylic acid groups (broad SMARTS) is 1. The zero-order valence-electron chi connectivity index (χ0n) is 17.1. The second-order valence-corrected chi connectivity index (χ2v) is 7.38. The highest BCUT2D eigenvalue weighted by Crippen LogP contribution is 2.34. The van der Waals surface area contributed by atoms with Crippen LogP contribution in [0.4, 0.5) is 20.4 Å². The quantitative estimate of drug-likeness (QED) is 0.453. The fourth-order valence-electron chi connectivity index (χ4n) is 3.72. The molecule has 0 aliphatic carbocycles. The number of aromatic carboxylic acids is 1. The number of carbonyl (C=O) groups is 1. The van der Waals surface area contributed by atoms with Crippen LogP contribution in [-0.2, 0) is 6.54 Å².